The Bertz CT molecular complexity index is 1380. The summed E-state index contributed by atoms with van der Waals surface area (Å²) in [5, 5.41) is 43.4. The molecule has 5 rings (SSSR count). The van der Waals surface area contributed by atoms with Crippen molar-refractivity contribution in [3.63, 3.8) is 0 Å². The Kier molecular flexibility index (Phi) is 6.35. The average molecular weight is 526 g/mol. The average Bonchev–Trinajstić information content (AvgIpc) is 3.26. The van der Waals surface area contributed by atoms with Gasteiger partial charge in [-0.15, -0.1) is 0 Å². The molecule has 0 spiro atoms. The van der Waals surface area contributed by atoms with Crippen LogP contribution in [0, 0.1) is 5.92 Å². The molecule has 1 aliphatic heterocycles. The molecule has 38 heavy (non-hydrogen) atoms. The lowest BCUT2D eigenvalue weighted by Crippen LogP contribution is -2.47. The number of phenolic OH excluding ortho intramolecular Hbond substituents is 2. The number of carbonyl (C=O) groups excluding carboxylic acids is 4. The maximum absolute atomic E-state index is 13.6. The van der Waals surface area contributed by atoms with Crippen molar-refractivity contribution in [1.82, 2.24) is 0 Å². The fourth-order valence-electron chi connectivity index (χ4n) is 5.64. The van der Waals surface area contributed by atoms with E-state index in [1.807, 2.05) is 0 Å². The number of aliphatic hydroxyl groups excluding tert-OH is 1. The molecule has 0 unspecified atom stereocenters. The van der Waals surface area contributed by atoms with Crippen LogP contribution in [0.4, 0.5) is 0 Å². The van der Waals surface area contributed by atoms with Gasteiger partial charge in [-0.25, -0.2) is 0 Å². The molecule has 0 saturated carbocycles. The zero-order valence-electron chi connectivity index (χ0n) is 20.6. The zero-order valence-corrected chi connectivity index (χ0v) is 20.6. The van der Waals surface area contributed by atoms with Crippen LogP contribution < -0.4 is 4.74 Å². The molecule has 3 aliphatic rings. The summed E-state index contributed by atoms with van der Waals surface area (Å²) < 4.78 is 16.9. The second-order valence-corrected chi connectivity index (χ2v) is 9.81. The van der Waals surface area contributed by atoms with E-state index in [0.29, 0.717) is 0 Å². The maximum atomic E-state index is 13.6. The van der Waals surface area contributed by atoms with E-state index in [2.05, 4.69) is 0 Å². The van der Waals surface area contributed by atoms with Crippen LogP contribution in [0.3, 0.4) is 0 Å². The summed E-state index contributed by atoms with van der Waals surface area (Å²) in [4.78, 5) is 51.0. The van der Waals surface area contributed by atoms with Crippen molar-refractivity contribution in [3.8, 4) is 17.2 Å². The molecule has 11 nitrogen and oxygen atoms in total. The van der Waals surface area contributed by atoms with Crippen molar-refractivity contribution >= 4 is 23.6 Å². The number of aldehydes is 1. The molecule has 2 aromatic rings. The molecular weight excluding hydrogens is 500 g/mol. The van der Waals surface area contributed by atoms with Gasteiger partial charge in [0, 0.05) is 41.9 Å². The molecule has 2 aromatic carbocycles. The molecule has 0 bridgehead atoms. The number of hydrogen-bond acceptors (Lipinski definition) is 11. The summed E-state index contributed by atoms with van der Waals surface area (Å²) >= 11 is 0. The van der Waals surface area contributed by atoms with Gasteiger partial charge in [0.1, 0.15) is 35.7 Å². The lowest BCUT2D eigenvalue weighted by molar-refractivity contribution is -0.182. The van der Waals surface area contributed by atoms with Gasteiger partial charge in [-0.2, -0.15) is 0 Å². The number of benzene rings is 2. The minimum absolute atomic E-state index is 0.0462. The predicted molar refractivity (Wildman–Crippen MR) is 127 cm³/mol. The van der Waals surface area contributed by atoms with Crippen LogP contribution in [-0.4, -0.2) is 75.8 Å². The standard InChI is InChI=1S/C27H26O11/c1-11-12(9-28)6-18(37-11)38-16-8-27(35,17(30)10-29)7-14-20(16)26(34)22-21(24(14)32)23(31)13-4-3-5-15(36-2)19(13)25(22)33/h3-5,9,11-12,16,18,29,32,34-35H,6-8,10H2,1-2H3/t11-,12+,16-,18-,27-/m0/s1. The Labute approximate surface area is 216 Å². The fourth-order valence-corrected chi connectivity index (χ4v) is 5.64. The van der Waals surface area contributed by atoms with Gasteiger partial charge in [0.2, 0.25) is 5.78 Å². The highest BCUT2D eigenvalue weighted by molar-refractivity contribution is 6.31. The summed E-state index contributed by atoms with van der Waals surface area (Å²) in [5.41, 5.74) is -3.55. The van der Waals surface area contributed by atoms with E-state index in [1.54, 1.807) is 6.92 Å². The first kappa shape index (κ1) is 26.0. The molecule has 200 valence electrons. The molecule has 0 amide bonds. The summed E-state index contributed by atoms with van der Waals surface area (Å²) in [6.45, 7) is 0.669. The van der Waals surface area contributed by atoms with Gasteiger partial charge >= 0.3 is 0 Å². The molecule has 5 atom stereocenters. The first-order valence-electron chi connectivity index (χ1n) is 12.1. The number of ether oxygens (including phenoxy) is 3. The Morgan fingerprint density at radius 2 is 1.87 bits per heavy atom. The molecule has 0 radical (unpaired) electrons. The number of aliphatic hydroxyl groups is 2. The van der Waals surface area contributed by atoms with E-state index >= 15 is 0 Å². The molecule has 1 heterocycles. The van der Waals surface area contributed by atoms with E-state index in [9.17, 15) is 39.6 Å². The molecule has 4 N–H and O–H groups in total. The molecule has 2 aliphatic carbocycles. The van der Waals surface area contributed by atoms with E-state index in [4.69, 9.17) is 14.2 Å². The number of methoxy groups -OCH3 is 1. The zero-order chi connectivity index (χ0) is 27.5. The minimum atomic E-state index is -2.22. The van der Waals surface area contributed by atoms with Gasteiger partial charge < -0.3 is 39.4 Å². The SMILES string of the molecule is COc1cccc2c1C(=O)c1c(O)c3c(c(O)c1C2=O)C[C@@](O)(C(=O)CO)C[C@@H]3O[C@H]1C[C@H](C=O)[C@H](C)O1. The van der Waals surface area contributed by atoms with Crippen LogP contribution in [0.15, 0.2) is 18.2 Å². The van der Waals surface area contributed by atoms with Crippen LogP contribution in [0.25, 0.3) is 0 Å². The third-order valence-corrected chi connectivity index (χ3v) is 7.66. The number of aromatic hydroxyl groups is 2. The smallest absolute Gasteiger partial charge is 0.202 e. The highest BCUT2D eigenvalue weighted by Gasteiger charge is 2.50. The number of rotatable bonds is 6. The topological polar surface area (TPSA) is 177 Å². The van der Waals surface area contributed by atoms with Crippen LogP contribution in [-0.2, 0) is 25.5 Å². The summed E-state index contributed by atoms with van der Waals surface area (Å²) in [6.07, 6.45) is -2.88. The van der Waals surface area contributed by atoms with Crippen molar-refractivity contribution in [3.05, 3.63) is 51.6 Å². The first-order valence-corrected chi connectivity index (χ1v) is 12.1. The van der Waals surface area contributed by atoms with E-state index < -0.39 is 89.4 Å². The second-order valence-electron chi connectivity index (χ2n) is 9.81. The number of ketones is 3. The fraction of sp³-hybridized carbons (Fsp3) is 0.407. The van der Waals surface area contributed by atoms with Gasteiger partial charge in [0.25, 0.3) is 0 Å². The number of hydrogen-bond donors (Lipinski definition) is 4. The lowest BCUT2D eigenvalue weighted by Gasteiger charge is -2.39. The van der Waals surface area contributed by atoms with Crippen molar-refractivity contribution in [2.24, 2.45) is 5.92 Å². The summed E-state index contributed by atoms with van der Waals surface area (Å²) in [6, 6.07) is 4.37. The highest BCUT2D eigenvalue weighted by atomic mass is 16.7. The number of Topliss-reactive ketones (excluding diaryl/α,β-unsaturated/α-hetero) is 1. The van der Waals surface area contributed by atoms with Crippen LogP contribution >= 0.6 is 0 Å². The van der Waals surface area contributed by atoms with Gasteiger partial charge in [-0.3, -0.25) is 14.4 Å². The van der Waals surface area contributed by atoms with Crippen LogP contribution in [0.5, 0.6) is 17.2 Å². The Morgan fingerprint density at radius 3 is 2.50 bits per heavy atom. The summed E-state index contributed by atoms with van der Waals surface area (Å²) in [7, 11) is 1.32. The molecule has 1 fully saturated rings. The van der Waals surface area contributed by atoms with E-state index in [1.165, 1.54) is 25.3 Å². The Balaban J connectivity index is 1.70. The number of phenols is 2. The maximum Gasteiger partial charge on any atom is 0.202 e. The molecule has 0 aromatic heterocycles. The third-order valence-electron chi connectivity index (χ3n) is 7.66. The monoisotopic (exact) mass is 526 g/mol. The van der Waals surface area contributed by atoms with Crippen molar-refractivity contribution in [1.29, 1.82) is 0 Å². The number of carbonyl (C=O) groups is 4. The van der Waals surface area contributed by atoms with Crippen molar-refractivity contribution < 1.29 is 53.8 Å². The summed E-state index contributed by atoms with van der Waals surface area (Å²) in [5.74, 6) is -4.20. The molecular formula is C27H26O11. The lowest BCUT2D eigenvalue weighted by atomic mass is 9.72. The normalized spacial score (nSPS) is 27.9. The van der Waals surface area contributed by atoms with Crippen molar-refractivity contribution in [2.45, 2.75) is 50.3 Å². The Morgan fingerprint density at radius 1 is 1.16 bits per heavy atom. The largest absolute Gasteiger partial charge is 0.507 e. The second kappa shape index (κ2) is 9.28. The van der Waals surface area contributed by atoms with Crippen LogP contribution in [0.2, 0.25) is 0 Å². The predicted octanol–water partition coefficient (Wildman–Crippen LogP) is 1.13. The quantitative estimate of drug-likeness (QED) is 0.267. The first-order chi connectivity index (χ1) is 18.1. The third kappa shape index (κ3) is 3.73. The highest BCUT2D eigenvalue weighted by Crippen LogP contribution is 2.52. The van der Waals surface area contributed by atoms with Gasteiger partial charge in [-0.1, -0.05) is 12.1 Å². The van der Waals surface area contributed by atoms with E-state index in [0.717, 1.165) is 6.29 Å². The van der Waals surface area contributed by atoms with Crippen LogP contribution in [0.1, 0.15) is 68.8 Å². The van der Waals surface area contributed by atoms with Crippen molar-refractivity contribution in [2.75, 3.05) is 13.7 Å². The molecule has 11 heteroatoms. The van der Waals surface area contributed by atoms with E-state index in [-0.39, 0.29) is 34.4 Å². The minimum Gasteiger partial charge on any atom is -0.507 e. The van der Waals surface area contributed by atoms with Gasteiger partial charge in [0.15, 0.2) is 17.9 Å². The molecule has 1 saturated heterocycles. The van der Waals surface area contributed by atoms with Gasteiger partial charge in [0.05, 0.1) is 36.0 Å². The number of fused-ring (bicyclic) bond motifs is 3. The Hall–Kier alpha value is -3.64. The van der Waals surface area contributed by atoms with Gasteiger partial charge in [-0.05, 0) is 13.0 Å².